The smallest absolute Gasteiger partial charge is 0.0740 e. The zero-order chi connectivity index (χ0) is 20.5. The SMILES string of the molecule is C\C=C/N=C1\C=C(CNC2=CNCC(C)=C2N2CCCNCC2)C=C\C1=C/CC. The summed E-state index contributed by atoms with van der Waals surface area (Å²) in [6.07, 6.45) is 17.0. The molecule has 156 valence electrons. The topological polar surface area (TPSA) is 51.7 Å². The van der Waals surface area contributed by atoms with E-state index in [2.05, 4.69) is 70.2 Å². The minimum atomic E-state index is 0.779. The van der Waals surface area contributed by atoms with Crippen LogP contribution in [0.2, 0.25) is 0 Å². The van der Waals surface area contributed by atoms with E-state index in [4.69, 9.17) is 0 Å². The van der Waals surface area contributed by atoms with Crippen LogP contribution in [0.25, 0.3) is 0 Å². The quantitative estimate of drug-likeness (QED) is 0.647. The summed E-state index contributed by atoms with van der Waals surface area (Å²) in [5.74, 6) is 0. The van der Waals surface area contributed by atoms with Gasteiger partial charge in [-0.15, -0.1) is 0 Å². The lowest BCUT2D eigenvalue weighted by molar-refractivity contribution is 0.362. The van der Waals surface area contributed by atoms with Gasteiger partial charge in [0.1, 0.15) is 0 Å². The van der Waals surface area contributed by atoms with Crippen LogP contribution in [0, 0.1) is 0 Å². The molecular formula is C24H35N5. The Morgan fingerprint density at radius 3 is 2.97 bits per heavy atom. The molecule has 5 heteroatoms. The highest BCUT2D eigenvalue weighted by atomic mass is 15.2. The fraction of sp³-hybridized carbons (Fsp3) is 0.458. The number of nitrogens with one attached hydrogen (secondary N) is 3. The van der Waals surface area contributed by atoms with Crippen molar-refractivity contribution >= 4 is 5.71 Å². The highest BCUT2D eigenvalue weighted by molar-refractivity contribution is 6.12. The summed E-state index contributed by atoms with van der Waals surface area (Å²) in [4.78, 5) is 7.15. The van der Waals surface area contributed by atoms with E-state index in [9.17, 15) is 0 Å². The number of rotatable bonds is 6. The first-order chi connectivity index (χ1) is 14.2. The van der Waals surface area contributed by atoms with Crippen molar-refractivity contribution < 1.29 is 0 Å². The van der Waals surface area contributed by atoms with Gasteiger partial charge in [0.15, 0.2) is 0 Å². The number of hydrogen-bond acceptors (Lipinski definition) is 5. The van der Waals surface area contributed by atoms with Crippen molar-refractivity contribution in [1.29, 1.82) is 0 Å². The van der Waals surface area contributed by atoms with E-state index in [1.807, 2.05) is 19.2 Å². The maximum absolute atomic E-state index is 4.62. The summed E-state index contributed by atoms with van der Waals surface area (Å²) in [5.41, 5.74) is 7.41. The number of nitrogens with zero attached hydrogens (tertiary/aromatic N) is 2. The van der Waals surface area contributed by atoms with Crippen LogP contribution in [-0.2, 0) is 0 Å². The molecule has 1 saturated heterocycles. The number of hydrogen-bond donors (Lipinski definition) is 3. The Labute approximate surface area is 175 Å². The Bertz CT molecular complexity index is 784. The Morgan fingerprint density at radius 1 is 1.24 bits per heavy atom. The van der Waals surface area contributed by atoms with E-state index in [0.29, 0.717) is 0 Å². The van der Waals surface area contributed by atoms with Crippen molar-refractivity contribution in [2.24, 2.45) is 4.99 Å². The van der Waals surface area contributed by atoms with E-state index in [1.54, 1.807) is 0 Å². The molecule has 0 spiro atoms. The lowest BCUT2D eigenvalue weighted by atomic mass is 9.99. The number of aliphatic imine (C=N–C) groups is 1. The Balaban J connectivity index is 1.73. The standard InChI is InChI=1S/C24H35N5/c1-4-7-21-9-8-20(15-22(21)27-10-5-2)17-28-23-18-26-16-19(3)24(23)29-13-6-11-25-12-14-29/h5,7-10,15,18,25-26,28H,4,6,11-14,16-17H2,1-3H3/b10-5-,21-7+,27-22+. The molecule has 0 bridgehead atoms. The summed E-state index contributed by atoms with van der Waals surface area (Å²) in [5, 5.41) is 10.6. The maximum atomic E-state index is 4.62. The van der Waals surface area contributed by atoms with Crippen LogP contribution >= 0.6 is 0 Å². The van der Waals surface area contributed by atoms with Crippen LogP contribution in [0.15, 0.2) is 75.9 Å². The molecule has 3 N–H and O–H groups in total. The van der Waals surface area contributed by atoms with Gasteiger partial charge < -0.3 is 20.9 Å². The van der Waals surface area contributed by atoms with E-state index >= 15 is 0 Å². The lowest BCUT2D eigenvalue weighted by Gasteiger charge is -2.32. The van der Waals surface area contributed by atoms with Crippen molar-refractivity contribution in [2.45, 2.75) is 33.6 Å². The molecule has 0 aromatic heterocycles. The minimum Gasteiger partial charge on any atom is -0.385 e. The van der Waals surface area contributed by atoms with Crippen LogP contribution in [-0.4, -0.2) is 49.9 Å². The summed E-state index contributed by atoms with van der Waals surface area (Å²) < 4.78 is 0. The van der Waals surface area contributed by atoms with Gasteiger partial charge in [-0.3, -0.25) is 4.99 Å². The number of dihydropyridines is 1. The summed E-state index contributed by atoms with van der Waals surface area (Å²) in [6, 6.07) is 0. The molecule has 0 atom stereocenters. The fourth-order valence-electron chi connectivity index (χ4n) is 3.89. The van der Waals surface area contributed by atoms with Gasteiger partial charge in [0.05, 0.1) is 17.1 Å². The van der Waals surface area contributed by atoms with Gasteiger partial charge >= 0.3 is 0 Å². The average molecular weight is 394 g/mol. The second kappa shape index (κ2) is 10.9. The van der Waals surface area contributed by atoms with Crippen LogP contribution in [0.4, 0.5) is 0 Å². The van der Waals surface area contributed by atoms with E-state index in [0.717, 1.165) is 51.4 Å². The molecule has 29 heavy (non-hydrogen) atoms. The molecule has 2 aliphatic heterocycles. The predicted octanol–water partition coefficient (Wildman–Crippen LogP) is 3.40. The molecule has 3 rings (SSSR count). The van der Waals surface area contributed by atoms with Gasteiger partial charge in [-0.2, -0.15) is 0 Å². The van der Waals surface area contributed by atoms with Gasteiger partial charge in [-0.25, -0.2) is 0 Å². The highest BCUT2D eigenvalue weighted by Gasteiger charge is 2.21. The third kappa shape index (κ3) is 5.73. The van der Waals surface area contributed by atoms with Gasteiger partial charge in [0.2, 0.25) is 0 Å². The number of allylic oxidation sites excluding steroid dienone is 5. The van der Waals surface area contributed by atoms with E-state index < -0.39 is 0 Å². The molecule has 0 aromatic rings. The molecule has 0 saturated carbocycles. The summed E-state index contributed by atoms with van der Waals surface area (Å²) >= 11 is 0. The van der Waals surface area contributed by atoms with Crippen LogP contribution in [0.3, 0.4) is 0 Å². The first-order valence-corrected chi connectivity index (χ1v) is 10.8. The van der Waals surface area contributed by atoms with Crippen molar-refractivity contribution in [3.63, 3.8) is 0 Å². The zero-order valence-corrected chi connectivity index (χ0v) is 18.1. The first kappa shape index (κ1) is 21.2. The molecule has 1 aliphatic carbocycles. The molecule has 0 aromatic carbocycles. The normalized spacial score (nSPS) is 23.3. The summed E-state index contributed by atoms with van der Waals surface area (Å²) in [6.45, 7) is 12.4. The third-order valence-corrected chi connectivity index (χ3v) is 5.29. The average Bonchev–Trinajstić information content (AvgIpc) is 3.01. The van der Waals surface area contributed by atoms with Crippen molar-refractivity contribution in [3.8, 4) is 0 Å². The monoisotopic (exact) mass is 393 g/mol. The van der Waals surface area contributed by atoms with Crippen molar-refractivity contribution in [2.75, 3.05) is 39.3 Å². The second-order valence-electron chi connectivity index (χ2n) is 7.63. The minimum absolute atomic E-state index is 0.779. The van der Waals surface area contributed by atoms with Crippen LogP contribution in [0.5, 0.6) is 0 Å². The molecule has 0 unspecified atom stereocenters. The van der Waals surface area contributed by atoms with Crippen LogP contribution < -0.4 is 16.0 Å². The summed E-state index contributed by atoms with van der Waals surface area (Å²) in [7, 11) is 0. The fourth-order valence-corrected chi connectivity index (χ4v) is 3.89. The van der Waals surface area contributed by atoms with E-state index in [-0.39, 0.29) is 0 Å². The predicted molar refractivity (Wildman–Crippen MR) is 124 cm³/mol. The Kier molecular flexibility index (Phi) is 7.94. The van der Waals surface area contributed by atoms with Crippen molar-refractivity contribution in [1.82, 2.24) is 20.9 Å². The van der Waals surface area contributed by atoms with Crippen LogP contribution in [0.1, 0.15) is 33.6 Å². The lowest BCUT2D eigenvalue weighted by Crippen LogP contribution is -2.37. The molecule has 1 fully saturated rings. The maximum Gasteiger partial charge on any atom is 0.0740 e. The molecular weight excluding hydrogens is 358 g/mol. The van der Waals surface area contributed by atoms with Gasteiger partial charge in [-0.05, 0) is 56.0 Å². The van der Waals surface area contributed by atoms with Crippen molar-refractivity contribution in [3.05, 3.63) is 70.9 Å². The first-order valence-electron chi connectivity index (χ1n) is 10.8. The second-order valence-corrected chi connectivity index (χ2v) is 7.63. The molecule has 2 heterocycles. The highest BCUT2D eigenvalue weighted by Crippen LogP contribution is 2.22. The van der Waals surface area contributed by atoms with Gasteiger partial charge in [0.25, 0.3) is 0 Å². The largest absolute Gasteiger partial charge is 0.385 e. The molecule has 0 amide bonds. The molecule has 3 aliphatic rings. The molecule has 0 radical (unpaired) electrons. The van der Waals surface area contributed by atoms with Gasteiger partial charge in [-0.1, -0.05) is 31.2 Å². The van der Waals surface area contributed by atoms with Gasteiger partial charge in [0, 0.05) is 45.1 Å². The van der Waals surface area contributed by atoms with E-state index in [1.165, 1.54) is 34.5 Å². The Hall–Kier alpha value is -2.53. The third-order valence-electron chi connectivity index (χ3n) is 5.29. The Morgan fingerprint density at radius 2 is 2.14 bits per heavy atom. The zero-order valence-electron chi connectivity index (χ0n) is 18.1. The molecule has 5 nitrogen and oxygen atoms in total.